The number of likely N-dealkylation sites (tertiary alicyclic amines) is 1. The molecule has 1 aliphatic rings. The zero-order chi connectivity index (χ0) is 18.1. The van der Waals surface area contributed by atoms with Crippen molar-refractivity contribution in [1.29, 1.82) is 0 Å². The van der Waals surface area contributed by atoms with Gasteiger partial charge >= 0.3 is 0 Å². The van der Waals surface area contributed by atoms with Crippen LogP contribution in [0.4, 0.5) is 0 Å². The molecule has 24 heavy (non-hydrogen) atoms. The summed E-state index contributed by atoms with van der Waals surface area (Å²) in [6.45, 7) is -0.211. The molecule has 1 saturated heterocycles. The second-order valence-corrected chi connectivity index (χ2v) is 8.06. The van der Waals surface area contributed by atoms with E-state index in [0.717, 1.165) is 4.90 Å². The summed E-state index contributed by atoms with van der Waals surface area (Å²) >= 11 is 0. The van der Waals surface area contributed by atoms with E-state index in [4.69, 9.17) is 4.55 Å². The highest BCUT2D eigenvalue weighted by Crippen LogP contribution is 2.22. The molecule has 0 spiro atoms. The minimum absolute atomic E-state index is 0.0130. The van der Waals surface area contributed by atoms with E-state index in [-0.39, 0.29) is 12.1 Å². The number of carbonyl (C=O) groups excluding carboxylic acids is 2. The van der Waals surface area contributed by atoms with Gasteiger partial charge in [0.1, 0.15) is 11.9 Å². The predicted octanol–water partition coefficient (Wildman–Crippen LogP) is -1.21. The smallest absolute Gasteiger partial charge is 0.283 e. The van der Waals surface area contributed by atoms with E-state index in [2.05, 4.69) is 5.32 Å². The first-order chi connectivity index (χ1) is 11.0. The van der Waals surface area contributed by atoms with E-state index in [9.17, 15) is 31.0 Å². The van der Waals surface area contributed by atoms with Crippen molar-refractivity contribution in [2.75, 3.05) is 12.4 Å². The Labute approximate surface area is 138 Å². The van der Waals surface area contributed by atoms with Gasteiger partial charge in [-0.25, -0.2) is 0 Å². The van der Waals surface area contributed by atoms with Crippen molar-refractivity contribution in [1.82, 2.24) is 10.2 Å². The molecule has 1 fully saturated rings. The van der Waals surface area contributed by atoms with E-state index < -0.39 is 49.2 Å². The fourth-order valence-electron chi connectivity index (χ4n) is 2.25. The summed E-state index contributed by atoms with van der Waals surface area (Å²) in [4.78, 5) is 24.6. The monoisotopic (exact) mass is 378 g/mol. The molecule has 2 rings (SSSR count). The molecule has 2 amide bonds. The van der Waals surface area contributed by atoms with Gasteiger partial charge in [-0.1, -0.05) is 30.3 Å². The highest BCUT2D eigenvalue weighted by Gasteiger charge is 2.42. The molecule has 0 aromatic heterocycles. The van der Waals surface area contributed by atoms with Crippen LogP contribution in [0.25, 0.3) is 0 Å². The van der Waals surface area contributed by atoms with Crippen LogP contribution in [0.1, 0.15) is 10.8 Å². The molecule has 2 unspecified atom stereocenters. The highest BCUT2D eigenvalue weighted by molar-refractivity contribution is 7.86. The Morgan fingerprint density at radius 3 is 2.25 bits per heavy atom. The van der Waals surface area contributed by atoms with Gasteiger partial charge in [-0.15, -0.1) is 0 Å². The largest absolute Gasteiger partial charge is 0.341 e. The van der Waals surface area contributed by atoms with E-state index in [1.807, 2.05) is 0 Å². The Morgan fingerprint density at radius 2 is 1.79 bits per heavy atom. The van der Waals surface area contributed by atoms with Crippen molar-refractivity contribution in [3.05, 3.63) is 35.9 Å². The molecule has 0 radical (unpaired) electrons. The summed E-state index contributed by atoms with van der Waals surface area (Å²) in [6, 6.07) is 6.06. The van der Waals surface area contributed by atoms with Gasteiger partial charge in [0.2, 0.25) is 11.8 Å². The van der Waals surface area contributed by atoms with Crippen LogP contribution < -0.4 is 5.32 Å². The molecular weight excluding hydrogens is 364 g/mol. The molecule has 1 aliphatic heterocycles. The van der Waals surface area contributed by atoms with E-state index >= 15 is 0 Å². The van der Waals surface area contributed by atoms with Crippen LogP contribution in [0.2, 0.25) is 0 Å². The highest BCUT2D eigenvalue weighted by atomic mass is 32.2. The average Bonchev–Trinajstić information content (AvgIpc) is 2.44. The number of hydrogen-bond donors (Lipinski definition) is 3. The third-order valence-corrected chi connectivity index (χ3v) is 5.01. The Kier molecular flexibility index (Phi) is 4.94. The van der Waals surface area contributed by atoms with Crippen LogP contribution in [-0.2, 0) is 29.8 Å². The summed E-state index contributed by atoms with van der Waals surface area (Å²) in [7, 11) is -9.17. The normalized spacial score (nSPS) is 19.5. The summed E-state index contributed by atoms with van der Waals surface area (Å²) < 4.78 is 62.3. The molecule has 10 nitrogen and oxygen atoms in total. The van der Waals surface area contributed by atoms with Gasteiger partial charge in [-0.05, 0) is 5.56 Å². The lowest BCUT2D eigenvalue weighted by molar-refractivity contribution is -0.145. The number of β-lactam (4-membered cyclic amide) rings is 1. The van der Waals surface area contributed by atoms with Gasteiger partial charge in [-0.3, -0.25) is 18.7 Å². The predicted molar refractivity (Wildman–Crippen MR) is 80.8 cm³/mol. The number of nitrogens with one attached hydrogen (secondary N) is 1. The van der Waals surface area contributed by atoms with Crippen LogP contribution in [0.3, 0.4) is 0 Å². The first-order valence-corrected chi connectivity index (χ1v) is 9.66. The van der Waals surface area contributed by atoms with Crippen molar-refractivity contribution in [2.24, 2.45) is 0 Å². The first kappa shape index (κ1) is 18.3. The summed E-state index contributed by atoms with van der Waals surface area (Å²) in [5.74, 6) is -2.82. The maximum absolute atomic E-state index is 12.1. The second kappa shape index (κ2) is 6.47. The quantitative estimate of drug-likeness (QED) is 0.411. The van der Waals surface area contributed by atoms with Crippen molar-refractivity contribution < 1.29 is 35.5 Å². The number of hydrogen-bond acceptors (Lipinski definition) is 6. The number of amides is 2. The maximum Gasteiger partial charge on any atom is 0.283 e. The Bertz CT molecular complexity index is 850. The minimum Gasteiger partial charge on any atom is -0.341 e. The maximum atomic E-state index is 12.1. The Balaban J connectivity index is 2.10. The van der Waals surface area contributed by atoms with Crippen molar-refractivity contribution in [3.8, 4) is 0 Å². The van der Waals surface area contributed by atoms with Crippen LogP contribution in [0.15, 0.2) is 30.3 Å². The molecule has 0 bridgehead atoms. The third-order valence-electron chi connectivity index (χ3n) is 3.29. The molecule has 132 valence electrons. The molecule has 2 atom stereocenters. The average molecular weight is 378 g/mol. The lowest BCUT2D eigenvalue weighted by Gasteiger charge is -2.37. The molecule has 12 heteroatoms. The molecule has 1 aromatic carbocycles. The van der Waals surface area contributed by atoms with E-state index in [1.165, 1.54) is 24.3 Å². The summed E-state index contributed by atoms with van der Waals surface area (Å²) in [6.07, 6.45) is 0. The fourth-order valence-corrected chi connectivity index (χ4v) is 3.72. The van der Waals surface area contributed by atoms with E-state index in [0.29, 0.717) is 0 Å². The Hall–Kier alpha value is -2.02. The number of rotatable bonds is 6. The molecule has 1 heterocycles. The van der Waals surface area contributed by atoms with Gasteiger partial charge in [0.05, 0.1) is 6.54 Å². The summed E-state index contributed by atoms with van der Waals surface area (Å²) in [5.41, 5.74) is 0.0130. The lowest BCUT2D eigenvalue weighted by Crippen LogP contribution is -2.65. The van der Waals surface area contributed by atoms with Crippen molar-refractivity contribution >= 4 is 32.1 Å². The lowest BCUT2D eigenvalue weighted by atomic mass is 10.1. The topological polar surface area (TPSA) is 158 Å². The SMILES string of the molecule is O=C(NC1CN(CS(=O)(=O)O)C1=O)C(c1ccccc1)S(=O)(=O)O. The first-order valence-electron chi connectivity index (χ1n) is 6.54. The molecule has 3 N–H and O–H groups in total. The van der Waals surface area contributed by atoms with Crippen molar-refractivity contribution in [2.45, 2.75) is 11.3 Å². The fraction of sp³-hybridized carbons (Fsp3) is 0.333. The van der Waals surface area contributed by atoms with Crippen LogP contribution in [0, 0.1) is 0 Å². The zero-order valence-electron chi connectivity index (χ0n) is 12.1. The van der Waals surface area contributed by atoms with Gasteiger partial charge < -0.3 is 10.2 Å². The van der Waals surface area contributed by atoms with Gasteiger partial charge in [0, 0.05) is 0 Å². The van der Waals surface area contributed by atoms with Gasteiger partial charge in [0.25, 0.3) is 20.2 Å². The summed E-state index contributed by atoms with van der Waals surface area (Å²) in [5, 5.41) is 0.227. The molecule has 1 aromatic rings. The van der Waals surface area contributed by atoms with Gasteiger partial charge in [0.15, 0.2) is 5.25 Å². The molecule has 0 aliphatic carbocycles. The number of carbonyl (C=O) groups is 2. The van der Waals surface area contributed by atoms with Gasteiger partial charge in [-0.2, -0.15) is 16.8 Å². The van der Waals surface area contributed by atoms with E-state index in [1.54, 1.807) is 6.07 Å². The van der Waals surface area contributed by atoms with Crippen LogP contribution in [-0.4, -0.2) is 61.1 Å². The number of benzene rings is 1. The second-order valence-electron chi connectivity index (χ2n) is 5.14. The number of nitrogens with zero attached hydrogens (tertiary/aromatic N) is 1. The molecular formula is C12H14N2O8S2. The van der Waals surface area contributed by atoms with Crippen molar-refractivity contribution in [3.63, 3.8) is 0 Å². The minimum atomic E-state index is -4.78. The third kappa shape index (κ3) is 4.29. The zero-order valence-corrected chi connectivity index (χ0v) is 13.7. The van der Waals surface area contributed by atoms with Crippen LogP contribution in [0.5, 0.6) is 0 Å². The Morgan fingerprint density at radius 1 is 1.21 bits per heavy atom. The van der Waals surface area contributed by atoms with Crippen LogP contribution >= 0.6 is 0 Å². The standard InChI is InChI=1S/C12H14N2O8S2/c15-11(10(24(20,21)22)8-4-2-1-3-5-8)13-9-6-14(12(9)16)7-23(17,18)19/h1-5,9-10H,6-7H2,(H,13,15)(H,17,18,19)(H,20,21,22). The molecule has 0 saturated carbocycles.